The zero-order valence-corrected chi connectivity index (χ0v) is 33.8. The first-order valence-corrected chi connectivity index (χ1v) is 21.8. The van der Waals surface area contributed by atoms with Crippen LogP contribution < -0.4 is 27.0 Å². The molecule has 3 saturated heterocycles. The van der Waals surface area contributed by atoms with Crippen LogP contribution >= 0.6 is 0 Å². The first-order chi connectivity index (χ1) is 29.1. The largest absolute Gasteiger partial charge is 0.361 e. The van der Waals surface area contributed by atoms with Crippen LogP contribution in [0.4, 0.5) is 0 Å². The summed E-state index contributed by atoms with van der Waals surface area (Å²) in [5, 5.41) is 13.8. The van der Waals surface area contributed by atoms with Crippen molar-refractivity contribution >= 4 is 57.2 Å². The van der Waals surface area contributed by atoms with E-state index in [4.69, 9.17) is 5.73 Å². The minimum atomic E-state index is -1.37. The van der Waals surface area contributed by atoms with E-state index >= 15 is 0 Å². The van der Waals surface area contributed by atoms with E-state index in [0.717, 1.165) is 58.6 Å². The molecule has 5 fully saturated rings. The van der Waals surface area contributed by atoms with Crippen LogP contribution in [-0.2, 0) is 41.6 Å². The van der Waals surface area contributed by atoms with Gasteiger partial charge in [0.05, 0.1) is 0 Å². The number of carbonyl (C=O) groups excluding carboxylic acids is 6. The Bertz CT molecular complexity index is 2310. The van der Waals surface area contributed by atoms with Crippen molar-refractivity contribution in [3.05, 3.63) is 72.1 Å². The van der Waals surface area contributed by atoms with Gasteiger partial charge in [-0.2, -0.15) is 0 Å². The molecule has 60 heavy (non-hydrogen) atoms. The van der Waals surface area contributed by atoms with Crippen molar-refractivity contribution in [1.82, 2.24) is 41.0 Å². The predicted octanol–water partition coefficient (Wildman–Crippen LogP) is 2.44. The van der Waals surface area contributed by atoms with Crippen molar-refractivity contribution in [3.63, 3.8) is 0 Å². The molecule has 4 aromatic rings. The van der Waals surface area contributed by atoms with Crippen molar-refractivity contribution in [3.8, 4) is 0 Å². The second kappa shape index (κ2) is 16.4. The highest BCUT2D eigenvalue weighted by Crippen LogP contribution is 2.41. The van der Waals surface area contributed by atoms with Gasteiger partial charge >= 0.3 is 0 Å². The summed E-state index contributed by atoms with van der Waals surface area (Å²) in [6.07, 6.45) is 10.8. The molecule has 8 N–H and O–H groups in total. The van der Waals surface area contributed by atoms with E-state index in [-0.39, 0.29) is 37.3 Å². The summed E-state index contributed by atoms with van der Waals surface area (Å²) in [7, 11) is 0. The third-order valence-electron chi connectivity index (χ3n) is 14.0. The van der Waals surface area contributed by atoms with Crippen LogP contribution in [0.15, 0.2) is 60.9 Å². The van der Waals surface area contributed by atoms with Gasteiger partial charge in [0, 0.05) is 66.2 Å². The topological polar surface area (TPSA) is 215 Å². The molecule has 7 unspecified atom stereocenters. The maximum absolute atomic E-state index is 14.9. The number of nitrogens with zero attached hydrogens (tertiary/aromatic N) is 2. The fourth-order valence-corrected chi connectivity index (χ4v) is 10.9. The van der Waals surface area contributed by atoms with E-state index in [2.05, 4.69) is 31.2 Å². The number of nitrogens with one attached hydrogen (secondary N) is 6. The summed E-state index contributed by atoms with van der Waals surface area (Å²) >= 11 is 0. The molecule has 5 aliphatic rings. The lowest BCUT2D eigenvalue weighted by Crippen LogP contribution is -2.65. The molecule has 7 atom stereocenters. The van der Waals surface area contributed by atoms with E-state index in [0.29, 0.717) is 51.5 Å². The van der Waals surface area contributed by atoms with Crippen LogP contribution in [0.1, 0.15) is 81.8 Å². The number of fused-ring (bicyclic) bond motifs is 6. The standard InChI is InChI=1S/C45H55N9O6/c46-23-35-42(58)53-19-9-16-37(53)43(59)54-36-15-6-1-10-26(36)22-38(54)41(57)49-34(21-28-25-48-32-14-5-3-12-30(28)32)40(56)52-45(17-7-8-18-45)44(60)51-33(39(55)50-35)20-27-24-47-31-13-4-2-11-29(27)31/h2-5,11-14,24-26,33-38,47-48H,1,6-10,15-23,46H2,(H,49,57)(H,50,55)(H,51,60)(H,52,56). The number of hydrogen-bond donors (Lipinski definition) is 7. The third-order valence-corrected chi connectivity index (χ3v) is 14.0. The Labute approximate surface area is 348 Å². The average molecular weight is 818 g/mol. The monoisotopic (exact) mass is 817 g/mol. The Morgan fingerprint density at radius 2 is 1.25 bits per heavy atom. The minimum absolute atomic E-state index is 0.0834. The Morgan fingerprint density at radius 1 is 0.633 bits per heavy atom. The minimum Gasteiger partial charge on any atom is -0.361 e. The fraction of sp³-hybridized carbons (Fsp3) is 0.511. The fourth-order valence-electron chi connectivity index (χ4n) is 10.9. The lowest BCUT2D eigenvalue weighted by Gasteiger charge is -2.38. The normalized spacial score (nSPS) is 29.1. The quantitative estimate of drug-likeness (QED) is 0.160. The van der Waals surface area contributed by atoms with Crippen LogP contribution in [0.2, 0.25) is 0 Å². The van der Waals surface area contributed by atoms with Crippen LogP contribution in [0.3, 0.4) is 0 Å². The predicted molar refractivity (Wildman–Crippen MR) is 224 cm³/mol. The third kappa shape index (κ3) is 7.30. The smallest absolute Gasteiger partial charge is 0.247 e. The molecular weight excluding hydrogens is 763 g/mol. The lowest BCUT2D eigenvalue weighted by molar-refractivity contribution is -0.150. The molecule has 316 valence electrons. The Hall–Kier alpha value is -5.70. The molecule has 2 saturated carbocycles. The van der Waals surface area contributed by atoms with Gasteiger partial charge in [-0.1, -0.05) is 62.1 Å². The summed E-state index contributed by atoms with van der Waals surface area (Å²) in [5.41, 5.74) is 8.18. The van der Waals surface area contributed by atoms with Crippen LogP contribution in [-0.4, -0.2) is 110 Å². The molecule has 15 nitrogen and oxygen atoms in total. The van der Waals surface area contributed by atoms with E-state index in [9.17, 15) is 28.8 Å². The van der Waals surface area contributed by atoms with Gasteiger partial charge in [-0.25, -0.2) is 0 Å². The zero-order valence-electron chi connectivity index (χ0n) is 33.8. The van der Waals surface area contributed by atoms with Crippen molar-refractivity contribution in [2.75, 3.05) is 13.1 Å². The zero-order chi connectivity index (χ0) is 41.5. The number of H-pyrrole nitrogens is 2. The number of aromatic amines is 2. The number of benzene rings is 2. The summed E-state index contributed by atoms with van der Waals surface area (Å²) in [4.78, 5) is 97.8. The van der Waals surface area contributed by atoms with Gasteiger partial charge in [-0.05, 0) is 74.1 Å². The van der Waals surface area contributed by atoms with Gasteiger partial charge in [-0.15, -0.1) is 0 Å². The number of rotatable bonds is 5. The molecular formula is C45H55N9O6. The molecule has 2 aromatic carbocycles. The van der Waals surface area contributed by atoms with Crippen molar-refractivity contribution in [2.45, 2.75) is 125 Å². The highest BCUT2D eigenvalue weighted by atomic mass is 16.2. The number of amides is 6. The average Bonchev–Trinajstić information content (AvgIpc) is 4.12. The number of aromatic nitrogens is 2. The van der Waals surface area contributed by atoms with Gasteiger partial charge < -0.3 is 46.8 Å². The first kappa shape index (κ1) is 39.7. The first-order valence-electron chi connectivity index (χ1n) is 21.8. The van der Waals surface area contributed by atoms with Gasteiger partial charge in [0.1, 0.15) is 35.7 Å². The molecule has 6 amide bonds. The van der Waals surface area contributed by atoms with Crippen molar-refractivity contribution in [1.29, 1.82) is 0 Å². The maximum Gasteiger partial charge on any atom is 0.247 e. The molecule has 2 aliphatic carbocycles. The summed E-state index contributed by atoms with van der Waals surface area (Å²) < 4.78 is 0. The molecule has 9 rings (SSSR count). The van der Waals surface area contributed by atoms with Crippen LogP contribution in [0.25, 0.3) is 21.8 Å². The van der Waals surface area contributed by atoms with Crippen LogP contribution in [0, 0.1) is 5.92 Å². The maximum atomic E-state index is 14.9. The van der Waals surface area contributed by atoms with E-state index in [1.165, 1.54) is 4.90 Å². The van der Waals surface area contributed by atoms with Crippen molar-refractivity contribution in [2.24, 2.45) is 11.7 Å². The highest BCUT2D eigenvalue weighted by molar-refractivity contribution is 6.00. The van der Waals surface area contributed by atoms with E-state index in [1.807, 2.05) is 54.7 Å². The van der Waals surface area contributed by atoms with Gasteiger partial charge in [-0.3, -0.25) is 28.8 Å². The SMILES string of the molecule is NCC1NC(=O)C(Cc2c[nH]c3ccccc23)NC(=O)C2(CCCC2)NC(=O)C(Cc2c[nH]c3ccccc23)NC(=O)C2CC3CCCCC3N2C(=O)C2CCCN2C1=O. The van der Waals surface area contributed by atoms with Gasteiger partial charge in [0.15, 0.2) is 0 Å². The Balaban J connectivity index is 1.11. The molecule has 15 heteroatoms. The molecule has 5 heterocycles. The summed E-state index contributed by atoms with van der Waals surface area (Å²) in [5.74, 6) is -2.72. The molecule has 1 spiro atoms. The second-order valence-corrected chi connectivity index (χ2v) is 17.6. The molecule has 3 aliphatic heterocycles. The number of hydrogen-bond acceptors (Lipinski definition) is 7. The number of carbonyl (C=O) groups is 6. The van der Waals surface area contributed by atoms with E-state index < -0.39 is 65.3 Å². The second-order valence-electron chi connectivity index (χ2n) is 17.6. The summed E-state index contributed by atoms with van der Waals surface area (Å²) in [6, 6.07) is 10.1. The highest BCUT2D eigenvalue weighted by Gasteiger charge is 2.52. The Kier molecular flexibility index (Phi) is 10.9. The van der Waals surface area contributed by atoms with Gasteiger partial charge in [0.25, 0.3) is 0 Å². The summed E-state index contributed by atoms with van der Waals surface area (Å²) in [6.45, 7) is 0.0677. The number of para-hydroxylation sites is 2. The Morgan fingerprint density at radius 3 is 1.92 bits per heavy atom. The van der Waals surface area contributed by atoms with Crippen LogP contribution in [0.5, 0.6) is 0 Å². The van der Waals surface area contributed by atoms with Gasteiger partial charge in [0.2, 0.25) is 35.4 Å². The molecule has 2 aromatic heterocycles. The molecule has 0 radical (unpaired) electrons. The van der Waals surface area contributed by atoms with E-state index in [1.54, 1.807) is 11.1 Å². The lowest BCUT2D eigenvalue weighted by atomic mass is 9.84. The van der Waals surface area contributed by atoms with Crippen molar-refractivity contribution < 1.29 is 28.8 Å². The number of nitrogens with two attached hydrogens (primary N) is 1. The molecule has 0 bridgehead atoms.